The van der Waals surface area contributed by atoms with Gasteiger partial charge in [0, 0.05) is 18.7 Å². The number of sulfonamides is 1. The molecule has 0 radical (unpaired) electrons. The van der Waals surface area contributed by atoms with E-state index in [9.17, 15) is 18.5 Å². The van der Waals surface area contributed by atoms with Gasteiger partial charge in [0.05, 0.1) is 11.0 Å². The van der Waals surface area contributed by atoms with Crippen LogP contribution in [0.15, 0.2) is 23.1 Å². The first kappa shape index (κ1) is 19.4. The van der Waals surface area contributed by atoms with Gasteiger partial charge in [-0.1, -0.05) is 26.8 Å². The van der Waals surface area contributed by atoms with Gasteiger partial charge in [0.2, 0.25) is 10.0 Å². The number of hydrogen-bond donors (Lipinski definition) is 1. The van der Waals surface area contributed by atoms with Gasteiger partial charge in [-0.2, -0.15) is 5.26 Å². The predicted molar refractivity (Wildman–Crippen MR) is 95.5 cm³/mol. The van der Waals surface area contributed by atoms with Crippen LogP contribution in [0, 0.1) is 23.7 Å². The molecule has 25 heavy (non-hydrogen) atoms. The average Bonchev–Trinajstić information content (AvgIpc) is 2.53. The minimum Gasteiger partial charge on any atom is -0.322 e. The Bertz CT molecular complexity index is 809. The van der Waals surface area contributed by atoms with Crippen molar-refractivity contribution in [1.29, 1.82) is 5.26 Å². The fourth-order valence-electron chi connectivity index (χ4n) is 3.28. The Hall–Kier alpha value is -1.91. The van der Waals surface area contributed by atoms with E-state index in [1.54, 1.807) is 24.8 Å². The number of nitrogens with zero attached hydrogens (tertiary/aromatic N) is 2. The molecule has 0 aliphatic carbocycles. The highest BCUT2D eigenvalue weighted by Gasteiger charge is 2.40. The molecule has 0 saturated carbocycles. The molecular weight excluding hydrogens is 338 g/mol. The molecule has 1 aromatic carbocycles. The van der Waals surface area contributed by atoms with Crippen molar-refractivity contribution in [2.24, 2.45) is 5.41 Å². The maximum Gasteiger partial charge on any atom is 0.255 e. The Balaban J connectivity index is 2.44. The number of benzene rings is 1. The number of nitriles is 1. The van der Waals surface area contributed by atoms with Crippen LogP contribution in [0.3, 0.4) is 0 Å². The zero-order valence-corrected chi connectivity index (χ0v) is 16.0. The summed E-state index contributed by atoms with van der Waals surface area (Å²) < 4.78 is 26.9. The molecule has 6 nitrogen and oxygen atoms in total. The van der Waals surface area contributed by atoms with Crippen LogP contribution in [0.2, 0.25) is 0 Å². The van der Waals surface area contributed by atoms with Crippen molar-refractivity contribution in [1.82, 2.24) is 9.62 Å². The maximum atomic E-state index is 13.1. The lowest BCUT2D eigenvalue weighted by Gasteiger charge is -2.42. The van der Waals surface area contributed by atoms with Gasteiger partial charge in [-0.25, -0.2) is 13.1 Å². The summed E-state index contributed by atoms with van der Waals surface area (Å²) in [6.45, 7) is 8.22. The van der Waals surface area contributed by atoms with E-state index in [-0.39, 0.29) is 22.8 Å². The zero-order valence-electron chi connectivity index (χ0n) is 15.2. The van der Waals surface area contributed by atoms with Gasteiger partial charge >= 0.3 is 0 Å². The smallest absolute Gasteiger partial charge is 0.255 e. The number of hydrogen-bond acceptors (Lipinski definition) is 4. The van der Waals surface area contributed by atoms with E-state index in [4.69, 9.17) is 0 Å². The lowest BCUT2D eigenvalue weighted by molar-refractivity contribution is 0.0437. The molecule has 1 aliphatic rings. The molecule has 1 atom stereocenters. The van der Waals surface area contributed by atoms with Crippen molar-refractivity contribution in [3.8, 4) is 6.07 Å². The molecule has 1 N–H and O–H groups in total. The van der Waals surface area contributed by atoms with E-state index < -0.39 is 16.1 Å². The Morgan fingerprint density at radius 3 is 2.72 bits per heavy atom. The van der Waals surface area contributed by atoms with Crippen LogP contribution in [0.25, 0.3) is 0 Å². The SMILES string of the molecule is CCNS(=O)(=O)c1ccc(C)c(C(=O)N2CCCC(C)(C)C2C#N)c1. The van der Waals surface area contributed by atoms with Crippen LogP contribution < -0.4 is 4.72 Å². The molecular formula is C18H25N3O3S. The summed E-state index contributed by atoms with van der Waals surface area (Å²) in [7, 11) is -3.64. The topological polar surface area (TPSA) is 90.3 Å². The number of likely N-dealkylation sites (tertiary alicyclic amines) is 1. The lowest BCUT2D eigenvalue weighted by atomic mass is 9.77. The largest absolute Gasteiger partial charge is 0.322 e. The number of amides is 1. The van der Waals surface area contributed by atoms with Crippen molar-refractivity contribution in [2.45, 2.75) is 51.5 Å². The number of carbonyl (C=O) groups is 1. The number of piperidine rings is 1. The summed E-state index contributed by atoms with van der Waals surface area (Å²) in [4.78, 5) is 14.7. The van der Waals surface area contributed by atoms with E-state index in [2.05, 4.69) is 10.8 Å². The number of nitrogens with one attached hydrogen (secondary N) is 1. The standard InChI is InChI=1S/C18H25N3O3S/c1-5-20-25(23,24)14-8-7-13(2)15(11-14)17(22)21-10-6-9-18(3,4)16(21)12-19/h7-8,11,16,20H,5-6,9-10H2,1-4H3. The predicted octanol–water partition coefficient (Wildman–Crippen LogP) is 2.45. The normalized spacial score (nSPS) is 20.1. The highest BCUT2D eigenvalue weighted by molar-refractivity contribution is 7.89. The van der Waals surface area contributed by atoms with Crippen LogP contribution >= 0.6 is 0 Å². The second-order valence-corrected chi connectivity index (χ2v) is 8.87. The van der Waals surface area contributed by atoms with Crippen LogP contribution in [0.5, 0.6) is 0 Å². The van der Waals surface area contributed by atoms with Gasteiger partial charge in [-0.3, -0.25) is 4.79 Å². The van der Waals surface area contributed by atoms with Crippen LogP contribution in [0.4, 0.5) is 0 Å². The fourth-order valence-corrected chi connectivity index (χ4v) is 4.35. The molecule has 1 saturated heterocycles. The minimum atomic E-state index is -3.64. The number of rotatable bonds is 4. The van der Waals surface area contributed by atoms with Gasteiger partial charge in [-0.15, -0.1) is 0 Å². The molecule has 1 unspecified atom stereocenters. The fraction of sp³-hybridized carbons (Fsp3) is 0.556. The summed E-state index contributed by atoms with van der Waals surface area (Å²) >= 11 is 0. The van der Waals surface area contributed by atoms with Crippen molar-refractivity contribution in [3.05, 3.63) is 29.3 Å². The molecule has 0 bridgehead atoms. The Kier molecular flexibility index (Phi) is 5.55. The van der Waals surface area contributed by atoms with Crippen molar-refractivity contribution >= 4 is 15.9 Å². The quantitative estimate of drug-likeness (QED) is 0.889. The summed E-state index contributed by atoms with van der Waals surface area (Å²) in [5, 5.41) is 9.57. The maximum absolute atomic E-state index is 13.1. The van der Waals surface area contributed by atoms with E-state index in [1.165, 1.54) is 12.1 Å². The average molecular weight is 363 g/mol. The molecule has 1 fully saturated rings. The molecule has 0 aromatic heterocycles. The molecule has 136 valence electrons. The van der Waals surface area contributed by atoms with E-state index in [0.717, 1.165) is 12.8 Å². The Labute approximate surface area is 149 Å². The first-order valence-electron chi connectivity index (χ1n) is 8.45. The van der Waals surface area contributed by atoms with Gasteiger partial charge in [-0.05, 0) is 42.9 Å². The summed E-state index contributed by atoms with van der Waals surface area (Å²) in [5.74, 6) is -0.287. The summed E-state index contributed by atoms with van der Waals surface area (Å²) in [6.07, 6.45) is 1.70. The van der Waals surface area contributed by atoms with Gasteiger partial charge in [0.1, 0.15) is 6.04 Å². The third-order valence-electron chi connectivity index (χ3n) is 4.74. The van der Waals surface area contributed by atoms with E-state index in [1.807, 2.05) is 13.8 Å². The molecule has 2 rings (SSSR count). The molecule has 1 aromatic rings. The third-order valence-corrected chi connectivity index (χ3v) is 6.28. The van der Waals surface area contributed by atoms with Crippen LogP contribution in [-0.2, 0) is 10.0 Å². The van der Waals surface area contributed by atoms with Gasteiger partial charge < -0.3 is 4.90 Å². The molecule has 1 amide bonds. The van der Waals surface area contributed by atoms with Gasteiger partial charge in [0.25, 0.3) is 5.91 Å². The number of aryl methyl sites for hydroxylation is 1. The van der Waals surface area contributed by atoms with Crippen LogP contribution in [0.1, 0.15) is 49.5 Å². The molecule has 7 heteroatoms. The highest BCUT2D eigenvalue weighted by Crippen LogP contribution is 2.35. The zero-order chi connectivity index (χ0) is 18.8. The first-order chi connectivity index (χ1) is 11.6. The van der Waals surface area contributed by atoms with Crippen molar-refractivity contribution in [2.75, 3.05) is 13.1 Å². The molecule has 1 heterocycles. The van der Waals surface area contributed by atoms with Crippen molar-refractivity contribution < 1.29 is 13.2 Å². The Morgan fingerprint density at radius 2 is 2.12 bits per heavy atom. The first-order valence-corrected chi connectivity index (χ1v) is 9.93. The van der Waals surface area contributed by atoms with E-state index in [0.29, 0.717) is 17.7 Å². The Morgan fingerprint density at radius 1 is 1.44 bits per heavy atom. The lowest BCUT2D eigenvalue weighted by Crippen LogP contribution is -2.51. The third kappa shape index (κ3) is 3.86. The minimum absolute atomic E-state index is 0.0630. The highest BCUT2D eigenvalue weighted by atomic mass is 32.2. The molecule has 0 spiro atoms. The van der Waals surface area contributed by atoms with Crippen molar-refractivity contribution in [3.63, 3.8) is 0 Å². The second-order valence-electron chi connectivity index (χ2n) is 7.10. The summed E-state index contributed by atoms with van der Waals surface area (Å²) in [5.41, 5.74) is 0.738. The molecule has 1 aliphatic heterocycles. The summed E-state index contributed by atoms with van der Waals surface area (Å²) in [6, 6.07) is 6.26. The van der Waals surface area contributed by atoms with E-state index >= 15 is 0 Å². The monoisotopic (exact) mass is 363 g/mol. The second kappa shape index (κ2) is 7.14. The van der Waals surface area contributed by atoms with Gasteiger partial charge in [0.15, 0.2) is 0 Å². The number of carbonyl (C=O) groups excluding carboxylic acids is 1. The van der Waals surface area contributed by atoms with Crippen LogP contribution in [-0.4, -0.2) is 38.4 Å².